The number of aryl methyl sites for hydroxylation is 1. The van der Waals surface area contributed by atoms with Gasteiger partial charge in [0.2, 0.25) is 5.89 Å². The number of hydrogen-bond donors (Lipinski definition) is 2. The van der Waals surface area contributed by atoms with Gasteiger partial charge in [-0.3, -0.25) is 0 Å². The van der Waals surface area contributed by atoms with E-state index in [1.807, 2.05) is 6.92 Å². The van der Waals surface area contributed by atoms with Crippen LogP contribution < -0.4 is 10.6 Å². The number of unbranched alkanes of at least 4 members (excludes halogenated alkanes) is 3. The van der Waals surface area contributed by atoms with Crippen molar-refractivity contribution in [3.8, 4) is 0 Å². The lowest BCUT2D eigenvalue weighted by molar-refractivity contribution is 0.376. The monoisotopic (exact) mass is 267 g/mol. The van der Waals surface area contributed by atoms with Gasteiger partial charge in [0, 0.05) is 13.1 Å². The van der Waals surface area contributed by atoms with E-state index in [-0.39, 0.29) is 0 Å². The molecule has 0 bridgehead atoms. The van der Waals surface area contributed by atoms with Crippen LogP contribution in [0, 0.1) is 6.92 Å². The summed E-state index contributed by atoms with van der Waals surface area (Å²) < 4.78 is 5.03. The minimum absolute atomic E-state index is 0.408. The van der Waals surface area contributed by atoms with E-state index in [2.05, 4.69) is 32.7 Å². The normalized spacial score (nSPS) is 11.6. The second kappa shape index (κ2) is 9.35. The third-order valence-electron chi connectivity index (χ3n) is 2.61. The summed E-state index contributed by atoms with van der Waals surface area (Å²) in [4.78, 5) is 8.54. The number of hydrogen-bond acceptors (Lipinski definition) is 4. The van der Waals surface area contributed by atoms with E-state index in [0.717, 1.165) is 25.5 Å². The molecule has 0 amide bonds. The van der Waals surface area contributed by atoms with E-state index < -0.39 is 0 Å². The molecule has 0 spiro atoms. The summed E-state index contributed by atoms with van der Waals surface area (Å²) in [6, 6.07) is 0. The molecule has 0 aromatic carbocycles. The molecule has 108 valence electrons. The first-order valence-corrected chi connectivity index (χ1v) is 7.07. The molecule has 0 aliphatic rings. The number of nitrogens with one attached hydrogen (secondary N) is 2. The van der Waals surface area contributed by atoms with Crippen molar-refractivity contribution in [3.63, 3.8) is 0 Å². The molecule has 6 nitrogen and oxygen atoms in total. The van der Waals surface area contributed by atoms with Crippen LogP contribution in [0.25, 0.3) is 0 Å². The van der Waals surface area contributed by atoms with Crippen molar-refractivity contribution in [1.29, 1.82) is 0 Å². The zero-order valence-corrected chi connectivity index (χ0v) is 12.2. The first kappa shape index (κ1) is 15.5. The highest BCUT2D eigenvalue weighted by Crippen LogP contribution is 1.98. The minimum Gasteiger partial charge on any atom is -0.357 e. The molecule has 0 aliphatic heterocycles. The van der Waals surface area contributed by atoms with Gasteiger partial charge in [0.25, 0.3) is 0 Å². The predicted molar refractivity (Wildman–Crippen MR) is 76.0 cm³/mol. The Balaban J connectivity index is 2.33. The van der Waals surface area contributed by atoms with Crippen LogP contribution in [0.4, 0.5) is 0 Å². The molecule has 0 saturated heterocycles. The SMILES string of the molecule is CCCCCCNC(=NCc1nc(C)no1)NCC. The summed E-state index contributed by atoms with van der Waals surface area (Å²) in [5, 5.41) is 10.2. The maximum Gasteiger partial charge on any atom is 0.248 e. The van der Waals surface area contributed by atoms with Crippen molar-refractivity contribution in [2.45, 2.75) is 53.0 Å². The Hall–Kier alpha value is -1.59. The van der Waals surface area contributed by atoms with E-state index in [4.69, 9.17) is 4.52 Å². The van der Waals surface area contributed by atoms with E-state index >= 15 is 0 Å². The largest absolute Gasteiger partial charge is 0.357 e. The lowest BCUT2D eigenvalue weighted by Gasteiger charge is -2.10. The molecule has 0 atom stereocenters. The molecule has 0 aliphatic carbocycles. The summed E-state index contributed by atoms with van der Waals surface area (Å²) in [7, 11) is 0. The fourth-order valence-corrected chi connectivity index (χ4v) is 1.65. The maximum atomic E-state index is 5.03. The molecule has 1 aromatic rings. The molecular formula is C13H25N5O. The van der Waals surface area contributed by atoms with Crippen LogP contribution in [0.15, 0.2) is 9.52 Å². The topological polar surface area (TPSA) is 75.3 Å². The van der Waals surface area contributed by atoms with Gasteiger partial charge in [-0.1, -0.05) is 31.3 Å². The highest BCUT2D eigenvalue weighted by molar-refractivity contribution is 5.79. The molecule has 0 unspecified atom stereocenters. The Kier molecular flexibility index (Phi) is 7.62. The summed E-state index contributed by atoms with van der Waals surface area (Å²) in [6.45, 7) is 8.24. The van der Waals surface area contributed by atoms with Crippen molar-refractivity contribution < 1.29 is 4.52 Å². The van der Waals surface area contributed by atoms with E-state index in [9.17, 15) is 0 Å². The number of guanidine groups is 1. The zero-order chi connectivity index (χ0) is 13.9. The van der Waals surface area contributed by atoms with Gasteiger partial charge in [0.15, 0.2) is 11.8 Å². The lowest BCUT2D eigenvalue weighted by Crippen LogP contribution is -2.37. The predicted octanol–water partition coefficient (Wildman–Crippen LogP) is 2.01. The quantitative estimate of drug-likeness (QED) is 0.428. The molecule has 0 fully saturated rings. The molecule has 19 heavy (non-hydrogen) atoms. The molecule has 0 radical (unpaired) electrons. The van der Waals surface area contributed by atoms with Crippen molar-refractivity contribution in [1.82, 2.24) is 20.8 Å². The van der Waals surface area contributed by atoms with Gasteiger partial charge in [-0.25, -0.2) is 4.99 Å². The van der Waals surface area contributed by atoms with Gasteiger partial charge in [-0.15, -0.1) is 0 Å². The molecule has 1 heterocycles. The fraction of sp³-hybridized carbons (Fsp3) is 0.769. The standard InChI is InChI=1S/C13H25N5O/c1-4-6-7-8-9-15-13(14-5-2)16-10-12-17-11(3)18-19-12/h4-10H2,1-3H3,(H2,14,15,16). The van der Waals surface area contributed by atoms with Gasteiger partial charge in [0.05, 0.1) is 0 Å². The van der Waals surface area contributed by atoms with Gasteiger partial charge in [-0.2, -0.15) is 4.98 Å². The lowest BCUT2D eigenvalue weighted by atomic mass is 10.2. The molecule has 2 N–H and O–H groups in total. The average Bonchev–Trinajstić information content (AvgIpc) is 2.81. The molecule has 6 heteroatoms. The minimum atomic E-state index is 0.408. The Morgan fingerprint density at radius 3 is 2.68 bits per heavy atom. The Morgan fingerprint density at radius 2 is 2.05 bits per heavy atom. The number of aromatic nitrogens is 2. The van der Waals surface area contributed by atoms with Crippen molar-refractivity contribution in [2.75, 3.05) is 13.1 Å². The molecular weight excluding hydrogens is 242 g/mol. The van der Waals surface area contributed by atoms with Crippen LogP contribution >= 0.6 is 0 Å². The van der Waals surface area contributed by atoms with Gasteiger partial charge in [0.1, 0.15) is 6.54 Å². The molecule has 1 aromatic heterocycles. The second-order valence-corrected chi connectivity index (χ2v) is 4.42. The summed E-state index contributed by atoms with van der Waals surface area (Å²) in [5.41, 5.74) is 0. The smallest absolute Gasteiger partial charge is 0.248 e. The maximum absolute atomic E-state index is 5.03. The highest BCUT2D eigenvalue weighted by atomic mass is 16.5. The zero-order valence-electron chi connectivity index (χ0n) is 12.2. The Bertz CT molecular complexity index is 375. The first-order valence-electron chi connectivity index (χ1n) is 7.07. The number of aliphatic imine (C=N–C) groups is 1. The van der Waals surface area contributed by atoms with Gasteiger partial charge < -0.3 is 15.2 Å². The third-order valence-corrected chi connectivity index (χ3v) is 2.61. The molecule has 1 rings (SSSR count). The summed E-state index contributed by atoms with van der Waals surface area (Å²) in [6.07, 6.45) is 4.96. The summed E-state index contributed by atoms with van der Waals surface area (Å²) in [5.74, 6) is 1.98. The summed E-state index contributed by atoms with van der Waals surface area (Å²) >= 11 is 0. The average molecular weight is 267 g/mol. The van der Waals surface area contributed by atoms with Crippen LogP contribution in [0.2, 0.25) is 0 Å². The van der Waals surface area contributed by atoms with Crippen LogP contribution in [0.3, 0.4) is 0 Å². The van der Waals surface area contributed by atoms with Crippen molar-refractivity contribution >= 4 is 5.96 Å². The van der Waals surface area contributed by atoms with E-state index in [1.165, 1.54) is 19.3 Å². The fourth-order valence-electron chi connectivity index (χ4n) is 1.65. The van der Waals surface area contributed by atoms with E-state index in [0.29, 0.717) is 18.3 Å². The van der Waals surface area contributed by atoms with Crippen molar-refractivity contribution in [2.24, 2.45) is 4.99 Å². The van der Waals surface area contributed by atoms with Gasteiger partial charge in [-0.05, 0) is 20.3 Å². The van der Waals surface area contributed by atoms with Crippen molar-refractivity contribution in [3.05, 3.63) is 11.7 Å². The Morgan fingerprint density at radius 1 is 1.21 bits per heavy atom. The van der Waals surface area contributed by atoms with Gasteiger partial charge >= 0.3 is 0 Å². The molecule has 0 saturated carbocycles. The Labute approximate surface area is 115 Å². The van der Waals surface area contributed by atoms with Crippen LogP contribution in [-0.2, 0) is 6.54 Å². The second-order valence-electron chi connectivity index (χ2n) is 4.42. The van der Waals surface area contributed by atoms with E-state index in [1.54, 1.807) is 6.92 Å². The van der Waals surface area contributed by atoms with Crippen LogP contribution in [0.5, 0.6) is 0 Å². The highest BCUT2D eigenvalue weighted by Gasteiger charge is 2.02. The number of rotatable bonds is 8. The third kappa shape index (κ3) is 6.79. The number of nitrogens with zero attached hydrogens (tertiary/aromatic N) is 3. The van der Waals surface area contributed by atoms with Crippen LogP contribution in [0.1, 0.15) is 51.2 Å². The first-order chi connectivity index (χ1) is 9.26. The van der Waals surface area contributed by atoms with Crippen LogP contribution in [-0.4, -0.2) is 29.2 Å².